The average molecular weight is 354 g/mol. The predicted molar refractivity (Wildman–Crippen MR) is 63.1 cm³/mol. The van der Waals surface area contributed by atoms with Crippen molar-refractivity contribution in [3.05, 3.63) is 44.1 Å². The van der Waals surface area contributed by atoms with Crippen molar-refractivity contribution in [3.8, 4) is 0 Å². The summed E-state index contributed by atoms with van der Waals surface area (Å²) in [4.78, 5) is 0. The maximum Gasteiger partial charge on any atom is 0.197 e. The Morgan fingerprint density at radius 2 is 1.47 bits per heavy atom. The third-order valence-corrected chi connectivity index (χ3v) is 4.63. The first-order chi connectivity index (χ1) is 8.02. The molecule has 2 bridgehead atoms. The summed E-state index contributed by atoms with van der Waals surface area (Å²) in [6.07, 6.45) is 3.14. The number of hydrogen-bond acceptors (Lipinski definition) is 0. The van der Waals surface area contributed by atoms with Crippen LogP contribution in [0.2, 0.25) is 0 Å². The van der Waals surface area contributed by atoms with Gasteiger partial charge in [-0.15, -0.1) is 0 Å². The molecule has 0 heterocycles. The van der Waals surface area contributed by atoms with Gasteiger partial charge >= 0.3 is 0 Å². The summed E-state index contributed by atoms with van der Waals surface area (Å²) < 4.78 is 54.7. The molecule has 0 fully saturated rings. The molecule has 0 aliphatic heterocycles. The van der Waals surface area contributed by atoms with Crippen molar-refractivity contribution in [1.82, 2.24) is 0 Å². The minimum Gasteiger partial charge on any atom is -0.203 e. The molecule has 3 aliphatic carbocycles. The zero-order valence-electron chi connectivity index (χ0n) is 8.54. The van der Waals surface area contributed by atoms with Gasteiger partial charge in [-0.3, -0.25) is 0 Å². The normalized spacial score (nSPS) is 25.8. The number of rotatable bonds is 0. The third kappa shape index (κ3) is 1.41. The van der Waals surface area contributed by atoms with Crippen molar-refractivity contribution < 1.29 is 17.6 Å². The van der Waals surface area contributed by atoms with Crippen LogP contribution in [0.5, 0.6) is 0 Å². The number of allylic oxidation sites excluding steroid dienone is 2. The lowest BCUT2D eigenvalue weighted by Crippen LogP contribution is -2.24. The molecule has 0 saturated carbocycles. The van der Waals surface area contributed by atoms with Crippen LogP contribution in [-0.2, 0) is 0 Å². The second-order valence-electron chi connectivity index (χ2n) is 4.37. The van der Waals surface area contributed by atoms with E-state index in [0.29, 0.717) is 12.8 Å². The first-order valence-electron chi connectivity index (χ1n) is 5.25. The molecule has 0 aromatic heterocycles. The molecule has 0 nitrogen and oxygen atoms in total. The molecule has 4 rings (SSSR count). The Morgan fingerprint density at radius 1 is 0.882 bits per heavy atom. The van der Waals surface area contributed by atoms with E-state index in [2.05, 4.69) is 22.6 Å². The summed E-state index contributed by atoms with van der Waals surface area (Å²) >= 11 is 2.05. The zero-order chi connectivity index (χ0) is 12.3. The lowest BCUT2D eigenvalue weighted by atomic mass is 9.71. The van der Waals surface area contributed by atoms with Crippen LogP contribution >= 0.6 is 22.6 Å². The van der Waals surface area contributed by atoms with Gasteiger partial charge in [0.25, 0.3) is 0 Å². The fourth-order valence-corrected chi connectivity index (χ4v) is 3.81. The predicted octanol–water partition coefficient (Wildman–Crippen LogP) is 4.54. The summed E-state index contributed by atoms with van der Waals surface area (Å²) in [5.41, 5.74) is 0.0302. The second-order valence-corrected chi connectivity index (χ2v) is 5.62. The Bertz CT molecular complexity index is 550. The Hall–Kier alpha value is -0.590. The summed E-state index contributed by atoms with van der Waals surface area (Å²) in [5, 5.41) is 0. The molecular weight excluding hydrogens is 347 g/mol. The lowest BCUT2D eigenvalue weighted by Gasteiger charge is -2.36. The highest BCUT2D eigenvalue weighted by Crippen LogP contribution is 2.52. The van der Waals surface area contributed by atoms with Crippen LogP contribution in [0.3, 0.4) is 0 Å². The molecule has 0 saturated heterocycles. The van der Waals surface area contributed by atoms with Crippen molar-refractivity contribution in [3.63, 3.8) is 0 Å². The summed E-state index contributed by atoms with van der Waals surface area (Å²) in [6, 6.07) is 0. The quantitative estimate of drug-likeness (QED) is 0.278. The highest BCUT2D eigenvalue weighted by atomic mass is 127. The minimum absolute atomic E-state index is 0.0121. The first kappa shape index (κ1) is 11.5. The molecule has 1 aromatic rings. The van der Waals surface area contributed by atoms with E-state index in [0.717, 1.165) is 3.58 Å². The van der Waals surface area contributed by atoms with Gasteiger partial charge in [-0.25, -0.2) is 17.6 Å². The van der Waals surface area contributed by atoms with E-state index in [-0.39, 0.29) is 23.0 Å². The lowest BCUT2D eigenvalue weighted by molar-refractivity contribution is 0.378. The van der Waals surface area contributed by atoms with Crippen molar-refractivity contribution in [1.29, 1.82) is 0 Å². The molecule has 17 heavy (non-hydrogen) atoms. The molecular formula is C12H7F4I. The molecule has 0 spiro atoms. The third-order valence-electron chi connectivity index (χ3n) is 3.52. The van der Waals surface area contributed by atoms with E-state index in [1.807, 2.05) is 6.08 Å². The van der Waals surface area contributed by atoms with Gasteiger partial charge in [0, 0.05) is 23.0 Å². The molecule has 0 unspecified atom stereocenters. The molecule has 90 valence electrons. The van der Waals surface area contributed by atoms with Gasteiger partial charge < -0.3 is 0 Å². The van der Waals surface area contributed by atoms with Gasteiger partial charge in [0.1, 0.15) is 0 Å². The summed E-state index contributed by atoms with van der Waals surface area (Å²) in [7, 11) is 0. The molecule has 3 aliphatic rings. The Morgan fingerprint density at radius 3 is 2.06 bits per heavy atom. The van der Waals surface area contributed by atoms with Crippen molar-refractivity contribution in [2.75, 3.05) is 0 Å². The molecule has 1 aromatic carbocycles. The summed E-state index contributed by atoms with van der Waals surface area (Å²) in [5.74, 6) is -6.49. The smallest absolute Gasteiger partial charge is 0.197 e. The summed E-state index contributed by atoms with van der Waals surface area (Å²) in [6.45, 7) is 0. The molecule has 0 amide bonds. The van der Waals surface area contributed by atoms with E-state index in [9.17, 15) is 17.6 Å². The highest BCUT2D eigenvalue weighted by Gasteiger charge is 2.40. The first-order valence-corrected chi connectivity index (χ1v) is 6.33. The van der Waals surface area contributed by atoms with Gasteiger partial charge in [-0.2, -0.15) is 0 Å². The molecule has 5 heteroatoms. The Labute approximate surface area is 109 Å². The van der Waals surface area contributed by atoms with Crippen LogP contribution in [-0.4, -0.2) is 0 Å². The SMILES string of the molecule is Fc1c(F)c(F)c2c(c1F)[C@@H]1C=C(I)[C@H]2CC1. The van der Waals surface area contributed by atoms with Crippen LogP contribution in [0, 0.1) is 23.3 Å². The zero-order valence-corrected chi connectivity index (χ0v) is 10.7. The van der Waals surface area contributed by atoms with Gasteiger partial charge in [-0.1, -0.05) is 6.08 Å². The highest BCUT2D eigenvalue weighted by molar-refractivity contribution is 14.1. The van der Waals surface area contributed by atoms with Gasteiger partial charge in [0.2, 0.25) is 0 Å². The average Bonchev–Trinajstić information content (AvgIpc) is 2.33. The Kier molecular flexibility index (Phi) is 2.50. The molecule has 0 radical (unpaired) electrons. The maximum absolute atomic E-state index is 13.7. The van der Waals surface area contributed by atoms with Crippen molar-refractivity contribution >= 4 is 22.6 Å². The van der Waals surface area contributed by atoms with E-state index in [4.69, 9.17) is 0 Å². The van der Waals surface area contributed by atoms with E-state index in [1.165, 1.54) is 0 Å². The standard InChI is InChI=1S/C12H7F4I/c13-9-7-4-1-2-5(6(17)3-4)8(7)10(14)12(16)11(9)15/h3-5H,1-2H2/t4-,5+/m0/s1. The van der Waals surface area contributed by atoms with Crippen molar-refractivity contribution in [2.45, 2.75) is 24.7 Å². The monoisotopic (exact) mass is 354 g/mol. The largest absolute Gasteiger partial charge is 0.203 e. The van der Waals surface area contributed by atoms with Gasteiger partial charge in [0.05, 0.1) is 0 Å². The molecule has 0 N–H and O–H groups in total. The minimum atomic E-state index is -1.70. The van der Waals surface area contributed by atoms with Crippen LogP contribution < -0.4 is 0 Å². The fraction of sp³-hybridized carbons (Fsp3) is 0.333. The van der Waals surface area contributed by atoms with Crippen LogP contribution in [0.25, 0.3) is 0 Å². The van der Waals surface area contributed by atoms with Crippen LogP contribution in [0.4, 0.5) is 17.6 Å². The number of benzene rings is 1. The number of hydrogen-bond donors (Lipinski definition) is 0. The number of fused-ring (bicyclic) bond motifs is 1. The van der Waals surface area contributed by atoms with E-state index in [1.54, 1.807) is 0 Å². The topological polar surface area (TPSA) is 0 Å². The molecule has 2 atom stereocenters. The van der Waals surface area contributed by atoms with Gasteiger partial charge in [-0.05, 0) is 39.0 Å². The van der Waals surface area contributed by atoms with E-state index < -0.39 is 23.3 Å². The van der Waals surface area contributed by atoms with Crippen LogP contribution in [0.1, 0.15) is 35.8 Å². The maximum atomic E-state index is 13.7. The fourth-order valence-electron chi connectivity index (χ4n) is 2.75. The second kappa shape index (κ2) is 3.70. The van der Waals surface area contributed by atoms with Gasteiger partial charge in [0.15, 0.2) is 23.3 Å². The van der Waals surface area contributed by atoms with E-state index >= 15 is 0 Å². The number of halogens is 5. The van der Waals surface area contributed by atoms with Crippen molar-refractivity contribution in [2.24, 2.45) is 0 Å². The Balaban J connectivity index is 2.37. The van der Waals surface area contributed by atoms with Crippen LogP contribution in [0.15, 0.2) is 9.66 Å².